The molecule has 6 nitrogen and oxygen atoms in total. The number of pyridine rings is 1. The minimum Gasteiger partial charge on any atom is -0.376 e. The summed E-state index contributed by atoms with van der Waals surface area (Å²) in [4.78, 5) is 30.6. The highest BCUT2D eigenvalue weighted by molar-refractivity contribution is 5.94. The maximum absolute atomic E-state index is 13.7. The van der Waals surface area contributed by atoms with E-state index in [0.29, 0.717) is 25.8 Å². The Kier molecular flexibility index (Phi) is 7.24. The van der Waals surface area contributed by atoms with E-state index in [4.69, 9.17) is 4.74 Å². The average Bonchev–Trinajstić information content (AvgIpc) is 3.21. The van der Waals surface area contributed by atoms with Crippen LogP contribution >= 0.6 is 0 Å². The van der Waals surface area contributed by atoms with Crippen molar-refractivity contribution in [1.82, 2.24) is 15.2 Å². The molecular formula is C21H23F2N3O3. The van der Waals surface area contributed by atoms with Gasteiger partial charge in [-0.1, -0.05) is 6.07 Å². The summed E-state index contributed by atoms with van der Waals surface area (Å²) < 4.78 is 32.3. The molecule has 0 spiro atoms. The van der Waals surface area contributed by atoms with Crippen molar-refractivity contribution in [3.8, 4) is 0 Å². The molecule has 1 aromatic heterocycles. The Morgan fingerprint density at radius 3 is 2.83 bits per heavy atom. The van der Waals surface area contributed by atoms with Crippen LogP contribution in [-0.4, -0.2) is 47.5 Å². The maximum atomic E-state index is 13.7. The van der Waals surface area contributed by atoms with Crippen LogP contribution in [0.1, 0.15) is 35.2 Å². The van der Waals surface area contributed by atoms with Crippen LogP contribution in [0.25, 0.3) is 0 Å². The van der Waals surface area contributed by atoms with E-state index in [9.17, 15) is 18.4 Å². The highest BCUT2D eigenvalue weighted by Gasteiger charge is 2.23. The lowest BCUT2D eigenvalue weighted by atomic mass is 10.2. The predicted octanol–water partition coefficient (Wildman–Crippen LogP) is 2.69. The number of benzene rings is 1. The molecule has 1 atom stereocenters. The molecule has 0 bridgehead atoms. The molecular weight excluding hydrogens is 380 g/mol. The molecule has 0 saturated carbocycles. The van der Waals surface area contributed by atoms with Crippen molar-refractivity contribution in [3.05, 3.63) is 65.5 Å². The number of ether oxygens (including phenoxy) is 1. The summed E-state index contributed by atoms with van der Waals surface area (Å²) in [7, 11) is 0. The van der Waals surface area contributed by atoms with Crippen LogP contribution in [0, 0.1) is 11.6 Å². The summed E-state index contributed by atoms with van der Waals surface area (Å²) in [6.07, 6.45) is 5.30. The van der Waals surface area contributed by atoms with Crippen LogP contribution in [0.3, 0.4) is 0 Å². The topological polar surface area (TPSA) is 71.5 Å². The summed E-state index contributed by atoms with van der Waals surface area (Å²) in [6.45, 7) is 1.60. The molecule has 1 unspecified atom stereocenters. The number of halogens is 2. The second-order valence-corrected chi connectivity index (χ2v) is 6.90. The van der Waals surface area contributed by atoms with Crippen LogP contribution in [0.4, 0.5) is 8.78 Å². The monoisotopic (exact) mass is 403 g/mol. The van der Waals surface area contributed by atoms with Crippen molar-refractivity contribution in [2.45, 2.75) is 31.9 Å². The summed E-state index contributed by atoms with van der Waals surface area (Å²) >= 11 is 0. The first-order valence-electron chi connectivity index (χ1n) is 9.54. The third kappa shape index (κ3) is 6.05. The molecule has 1 aliphatic rings. The molecule has 0 aliphatic carbocycles. The second kappa shape index (κ2) is 10.1. The zero-order valence-electron chi connectivity index (χ0n) is 15.9. The minimum absolute atomic E-state index is 0.00137. The average molecular weight is 403 g/mol. The summed E-state index contributed by atoms with van der Waals surface area (Å²) in [5, 5.41) is 2.51. The van der Waals surface area contributed by atoms with Gasteiger partial charge in [0.2, 0.25) is 5.91 Å². The fourth-order valence-corrected chi connectivity index (χ4v) is 3.21. The van der Waals surface area contributed by atoms with E-state index in [1.54, 1.807) is 17.3 Å². The van der Waals surface area contributed by atoms with Crippen molar-refractivity contribution in [1.29, 1.82) is 0 Å². The van der Waals surface area contributed by atoms with E-state index in [0.717, 1.165) is 30.5 Å². The number of rotatable bonds is 8. The quantitative estimate of drug-likeness (QED) is 0.736. The van der Waals surface area contributed by atoms with Crippen molar-refractivity contribution in [3.63, 3.8) is 0 Å². The van der Waals surface area contributed by atoms with Crippen LogP contribution in [0.15, 0.2) is 42.7 Å². The van der Waals surface area contributed by atoms with Crippen LogP contribution < -0.4 is 5.32 Å². The summed E-state index contributed by atoms with van der Waals surface area (Å²) in [6, 6.07) is 6.44. The minimum atomic E-state index is -0.939. The first-order valence-corrected chi connectivity index (χ1v) is 9.54. The Morgan fingerprint density at radius 2 is 2.14 bits per heavy atom. The third-order valence-electron chi connectivity index (χ3n) is 4.70. The van der Waals surface area contributed by atoms with Crippen LogP contribution in [0.2, 0.25) is 0 Å². The first kappa shape index (κ1) is 20.9. The zero-order chi connectivity index (χ0) is 20.6. The van der Waals surface area contributed by atoms with E-state index >= 15 is 0 Å². The molecule has 1 aliphatic heterocycles. The van der Waals surface area contributed by atoms with Gasteiger partial charge in [0.25, 0.3) is 5.91 Å². The molecule has 1 fully saturated rings. The molecule has 29 heavy (non-hydrogen) atoms. The summed E-state index contributed by atoms with van der Waals surface area (Å²) in [5.74, 6) is -2.53. The van der Waals surface area contributed by atoms with Crippen molar-refractivity contribution < 1.29 is 23.1 Å². The van der Waals surface area contributed by atoms with E-state index in [-0.39, 0.29) is 30.5 Å². The molecule has 2 heterocycles. The van der Waals surface area contributed by atoms with E-state index in [1.807, 2.05) is 12.1 Å². The Balaban J connectivity index is 1.56. The van der Waals surface area contributed by atoms with Gasteiger partial charge in [0.15, 0.2) is 0 Å². The third-order valence-corrected chi connectivity index (χ3v) is 4.70. The van der Waals surface area contributed by atoms with E-state index in [1.165, 1.54) is 0 Å². The van der Waals surface area contributed by atoms with Gasteiger partial charge in [-0.2, -0.15) is 0 Å². The Morgan fingerprint density at radius 1 is 1.28 bits per heavy atom. The standard InChI is InChI=1S/C21H23F2N3O3/c22-16-5-6-18(19(23)11-16)21(28)25-9-7-20(27)26(14-17-4-2-10-29-17)13-15-3-1-8-24-12-15/h1,3,5-6,8,11-12,17H,2,4,7,9-10,13-14H2,(H,25,28). The fourth-order valence-electron chi connectivity index (χ4n) is 3.21. The zero-order valence-corrected chi connectivity index (χ0v) is 15.9. The van der Waals surface area contributed by atoms with E-state index < -0.39 is 17.5 Å². The fraction of sp³-hybridized carbons (Fsp3) is 0.381. The second-order valence-electron chi connectivity index (χ2n) is 6.90. The Labute approximate surface area is 167 Å². The number of aromatic nitrogens is 1. The van der Waals surface area contributed by atoms with Crippen molar-refractivity contribution >= 4 is 11.8 Å². The lowest BCUT2D eigenvalue weighted by Gasteiger charge is -2.25. The first-order chi connectivity index (χ1) is 14.0. The lowest BCUT2D eigenvalue weighted by molar-refractivity contribution is -0.133. The highest BCUT2D eigenvalue weighted by Crippen LogP contribution is 2.16. The molecule has 1 saturated heterocycles. The Hall–Kier alpha value is -2.87. The van der Waals surface area contributed by atoms with Gasteiger partial charge in [-0.15, -0.1) is 0 Å². The molecule has 2 aromatic rings. The number of nitrogens with one attached hydrogen (secondary N) is 1. The molecule has 3 rings (SSSR count). The summed E-state index contributed by atoms with van der Waals surface area (Å²) in [5.41, 5.74) is 0.640. The molecule has 1 N–H and O–H groups in total. The normalized spacial score (nSPS) is 15.9. The van der Waals surface area contributed by atoms with Crippen molar-refractivity contribution in [2.24, 2.45) is 0 Å². The molecule has 0 radical (unpaired) electrons. The van der Waals surface area contributed by atoms with Gasteiger partial charge in [-0.3, -0.25) is 14.6 Å². The smallest absolute Gasteiger partial charge is 0.254 e. The van der Waals surface area contributed by atoms with Gasteiger partial charge in [-0.25, -0.2) is 8.78 Å². The largest absolute Gasteiger partial charge is 0.376 e. The van der Waals surface area contributed by atoms with Gasteiger partial charge >= 0.3 is 0 Å². The highest BCUT2D eigenvalue weighted by atomic mass is 19.1. The predicted molar refractivity (Wildman–Crippen MR) is 102 cm³/mol. The number of nitrogens with zero attached hydrogens (tertiary/aromatic N) is 2. The molecule has 1 aromatic carbocycles. The maximum Gasteiger partial charge on any atom is 0.254 e. The number of hydrogen-bond donors (Lipinski definition) is 1. The molecule has 154 valence electrons. The van der Waals surface area contributed by atoms with Gasteiger partial charge in [0.1, 0.15) is 11.6 Å². The number of amides is 2. The lowest BCUT2D eigenvalue weighted by Crippen LogP contribution is -2.38. The van der Waals surface area contributed by atoms with Crippen LogP contribution in [-0.2, 0) is 16.1 Å². The van der Waals surface area contributed by atoms with Gasteiger partial charge in [0, 0.05) is 51.1 Å². The number of hydrogen-bond acceptors (Lipinski definition) is 4. The van der Waals surface area contributed by atoms with Gasteiger partial charge < -0.3 is 15.0 Å². The number of carbonyl (C=O) groups is 2. The molecule has 8 heteroatoms. The molecule has 2 amide bonds. The van der Waals surface area contributed by atoms with Crippen LogP contribution in [0.5, 0.6) is 0 Å². The van der Waals surface area contributed by atoms with Crippen molar-refractivity contribution in [2.75, 3.05) is 19.7 Å². The van der Waals surface area contributed by atoms with Gasteiger partial charge in [-0.05, 0) is 36.6 Å². The SMILES string of the molecule is O=C(NCCC(=O)N(Cc1cccnc1)CC1CCCO1)c1ccc(F)cc1F. The number of carbonyl (C=O) groups excluding carboxylic acids is 2. The van der Waals surface area contributed by atoms with Gasteiger partial charge in [0.05, 0.1) is 11.7 Å². The Bertz CT molecular complexity index is 842. The van der Waals surface area contributed by atoms with E-state index in [2.05, 4.69) is 10.3 Å².